The Hall–Kier alpha value is -3.30. The lowest BCUT2D eigenvalue weighted by molar-refractivity contribution is -0.142. The summed E-state index contributed by atoms with van der Waals surface area (Å²) in [6.07, 6.45) is 0.820. The van der Waals surface area contributed by atoms with E-state index in [0.29, 0.717) is 12.2 Å². The molecular formula is C22H23NO5. The highest BCUT2D eigenvalue weighted by molar-refractivity contribution is 5.77. The van der Waals surface area contributed by atoms with Crippen LogP contribution in [0.5, 0.6) is 5.75 Å². The van der Waals surface area contributed by atoms with Crippen LogP contribution < -0.4 is 10.1 Å². The standard InChI is InChI=1S/C22H23NO5/c1-28-18-13-10-17(11-14-18)8-5-9-19(21(24)25)23-20(22(26)27)15-12-16-6-3-2-4-7-16/h2-4,6-7,10-11,13-14,19-20,23H,9,12,15H2,1H3,(H,24,25)(H,26,27)/t19-,20-/m0/s1. The molecule has 6 heteroatoms. The van der Waals surface area contributed by atoms with Gasteiger partial charge in [-0.05, 0) is 42.7 Å². The number of carboxylic acid groups (broad SMARTS) is 2. The highest BCUT2D eigenvalue weighted by Crippen LogP contribution is 2.10. The predicted molar refractivity (Wildman–Crippen MR) is 105 cm³/mol. The third kappa shape index (κ3) is 6.78. The number of hydrogen-bond acceptors (Lipinski definition) is 4. The van der Waals surface area contributed by atoms with Crippen molar-refractivity contribution in [1.29, 1.82) is 0 Å². The Labute approximate surface area is 164 Å². The molecule has 0 amide bonds. The molecule has 0 aromatic heterocycles. The lowest BCUT2D eigenvalue weighted by Gasteiger charge is -2.19. The summed E-state index contributed by atoms with van der Waals surface area (Å²) < 4.78 is 5.07. The Morgan fingerprint density at radius 1 is 1.00 bits per heavy atom. The smallest absolute Gasteiger partial charge is 0.321 e. The average molecular weight is 381 g/mol. The van der Waals surface area contributed by atoms with E-state index >= 15 is 0 Å². The van der Waals surface area contributed by atoms with Gasteiger partial charge in [-0.1, -0.05) is 42.2 Å². The molecule has 0 aliphatic rings. The lowest BCUT2D eigenvalue weighted by atomic mass is 10.0. The van der Waals surface area contributed by atoms with Crippen LogP contribution in [-0.2, 0) is 16.0 Å². The van der Waals surface area contributed by atoms with Gasteiger partial charge in [0.05, 0.1) is 7.11 Å². The van der Waals surface area contributed by atoms with Gasteiger partial charge in [0, 0.05) is 12.0 Å². The van der Waals surface area contributed by atoms with Crippen LogP contribution in [0.2, 0.25) is 0 Å². The van der Waals surface area contributed by atoms with Gasteiger partial charge >= 0.3 is 11.9 Å². The van der Waals surface area contributed by atoms with Crippen LogP contribution in [0.15, 0.2) is 54.6 Å². The van der Waals surface area contributed by atoms with Gasteiger partial charge in [-0.3, -0.25) is 14.9 Å². The van der Waals surface area contributed by atoms with E-state index in [0.717, 1.165) is 11.1 Å². The summed E-state index contributed by atoms with van der Waals surface area (Å²) in [5, 5.41) is 21.6. The number of benzene rings is 2. The third-order valence-corrected chi connectivity index (χ3v) is 4.19. The highest BCUT2D eigenvalue weighted by atomic mass is 16.5. The van der Waals surface area contributed by atoms with Gasteiger partial charge < -0.3 is 14.9 Å². The lowest BCUT2D eigenvalue weighted by Crippen LogP contribution is -2.47. The molecule has 3 N–H and O–H groups in total. The molecule has 0 saturated carbocycles. The normalized spacial score (nSPS) is 12.3. The van der Waals surface area contributed by atoms with Crippen molar-refractivity contribution in [1.82, 2.24) is 5.32 Å². The minimum absolute atomic E-state index is 0.00349. The topological polar surface area (TPSA) is 95.9 Å². The number of aliphatic carboxylic acids is 2. The summed E-state index contributed by atoms with van der Waals surface area (Å²) >= 11 is 0. The van der Waals surface area contributed by atoms with Crippen LogP contribution in [0.3, 0.4) is 0 Å². The highest BCUT2D eigenvalue weighted by Gasteiger charge is 2.25. The van der Waals surface area contributed by atoms with Gasteiger partial charge in [-0.2, -0.15) is 0 Å². The fourth-order valence-corrected chi connectivity index (χ4v) is 2.62. The molecule has 0 aliphatic heterocycles. The minimum Gasteiger partial charge on any atom is -0.497 e. The van der Waals surface area contributed by atoms with Crippen molar-refractivity contribution in [2.45, 2.75) is 31.3 Å². The SMILES string of the molecule is COc1ccc(C#CC[C@H](N[C@@H](CCc2ccccc2)C(=O)O)C(=O)O)cc1. The summed E-state index contributed by atoms with van der Waals surface area (Å²) in [6.45, 7) is 0. The molecule has 0 unspecified atom stereocenters. The number of nitrogens with one attached hydrogen (secondary N) is 1. The summed E-state index contributed by atoms with van der Waals surface area (Å²) in [4.78, 5) is 23.0. The first-order valence-electron chi connectivity index (χ1n) is 8.88. The summed E-state index contributed by atoms with van der Waals surface area (Å²) in [5.41, 5.74) is 1.73. The van der Waals surface area contributed by atoms with Crippen LogP contribution in [0.25, 0.3) is 0 Å². The molecule has 6 nitrogen and oxygen atoms in total. The number of methoxy groups -OCH3 is 1. The second-order valence-electron chi connectivity index (χ2n) is 6.21. The Kier molecular flexibility index (Phi) is 8.07. The molecule has 2 atom stereocenters. The van der Waals surface area contributed by atoms with Crippen LogP contribution in [0.4, 0.5) is 0 Å². The number of carboxylic acids is 2. The van der Waals surface area contributed by atoms with E-state index in [-0.39, 0.29) is 12.8 Å². The first-order chi connectivity index (χ1) is 13.5. The molecule has 2 aromatic carbocycles. The van der Waals surface area contributed by atoms with Crippen molar-refractivity contribution in [2.24, 2.45) is 0 Å². The maximum absolute atomic E-state index is 11.5. The number of rotatable bonds is 9. The van der Waals surface area contributed by atoms with Crippen molar-refractivity contribution in [3.8, 4) is 17.6 Å². The van der Waals surface area contributed by atoms with Gasteiger partial charge in [0.2, 0.25) is 0 Å². The van der Waals surface area contributed by atoms with Crippen molar-refractivity contribution >= 4 is 11.9 Å². The zero-order valence-corrected chi connectivity index (χ0v) is 15.6. The van der Waals surface area contributed by atoms with E-state index in [1.807, 2.05) is 30.3 Å². The van der Waals surface area contributed by atoms with Gasteiger partial charge in [0.25, 0.3) is 0 Å². The largest absolute Gasteiger partial charge is 0.497 e. The molecule has 0 spiro atoms. The molecule has 2 rings (SSSR count). The Balaban J connectivity index is 1.98. The van der Waals surface area contributed by atoms with Crippen molar-refractivity contribution < 1.29 is 24.5 Å². The monoisotopic (exact) mass is 381 g/mol. The van der Waals surface area contributed by atoms with Crippen LogP contribution in [0, 0.1) is 11.8 Å². The number of carbonyl (C=O) groups is 2. The Bertz CT molecular complexity index is 837. The van der Waals surface area contributed by atoms with Gasteiger partial charge in [0.15, 0.2) is 0 Å². The summed E-state index contributed by atoms with van der Waals surface area (Å²) in [5.74, 6) is 4.20. The zero-order chi connectivity index (χ0) is 20.4. The molecule has 146 valence electrons. The summed E-state index contributed by atoms with van der Waals surface area (Å²) in [7, 11) is 1.57. The fourth-order valence-electron chi connectivity index (χ4n) is 2.62. The number of ether oxygens (including phenoxy) is 1. The molecule has 0 bridgehead atoms. The van der Waals surface area contributed by atoms with Crippen molar-refractivity contribution in [2.75, 3.05) is 7.11 Å². The van der Waals surface area contributed by atoms with Crippen LogP contribution in [0.1, 0.15) is 24.0 Å². The van der Waals surface area contributed by atoms with E-state index in [4.69, 9.17) is 4.74 Å². The molecule has 0 heterocycles. The molecule has 0 radical (unpaired) electrons. The number of aryl methyl sites for hydroxylation is 1. The fraction of sp³-hybridized carbons (Fsp3) is 0.273. The zero-order valence-electron chi connectivity index (χ0n) is 15.6. The Morgan fingerprint density at radius 2 is 1.64 bits per heavy atom. The van der Waals surface area contributed by atoms with Gasteiger partial charge in [-0.15, -0.1) is 0 Å². The van der Waals surface area contributed by atoms with E-state index in [2.05, 4.69) is 17.2 Å². The summed E-state index contributed by atoms with van der Waals surface area (Å²) in [6, 6.07) is 14.5. The third-order valence-electron chi connectivity index (χ3n) is 4.19. The molecule has 0 aliphatic carbocycles. The van der Waals surface area contributed by atoms with Gasteiger partial charge in [-0.25, -0.2) is 0 Å². The van der Waals surface area contributed by atoms with Gasteiger partial charge in [0.1, 0.15) is 17.8 Å². The van der Waals surface area contributed by atoms with Crippen molar-refractivity contribution in [3.05, 3.63) is 65.7 Å². The first kappa shape index (κ1) is 21.0. The van der Waals surface area contributed by atoms with E-state index in [1.54, 1.807) is 31.4 Å². The quantitative estimate of drug-likeness (QED) is 0.578. The molecule has 28 heavy (non-hydrogen) atoms. The minimum atomic E-state index is -1.13. The van der Waals surface area contributed by atoms with Crippen LogP contribution >= 0.6 is 0 Å². The van der Waals surface area contributed by atoms with Crippen LogP contribution in [-0.4, -0.2) is 41.3 Å². The molecule has 2 aromatic rings. The van der Waals surface area contributed by atoms with E-state index in [1.165, 1.54) is 0 Å². The second-order valence-corrected chi connectivity index (χ2v) is 6.21. The Morgan fingerprint density at radius 3 is 2.21 bits per heavy atom. The molecular weight excluding hydrogens is 358 g/mol. The van der Waals surface area contributed by atoms with E-state index in [9.17, 15) is 19.8 Å². The molecule has 0 saturated heterocycles. The predicted octanol–water partition coefficient (Wildman–Crippen LogP) is 2.57. The second kappa shape index (κ2) is 10.8. The molecule has 0 fully saturated rings. The maximum atomic E-state index is 11.5. The average Bonchev–Trinajstić information content (AvgIpc) is 2.70. The maximum Gasteiger partial charge on any atom is 0.321 e. The van der Waals surface area contributed by atoms with Crippen molar-refractivity contribution in [3.63, 3.8) is 0 Å². The van der Waals surface area contributed by atoms with E-state index < -0.39 is 24.0 Å². The number of hydrogen-bond donors (Lipinski definition) is 3. The first-order valence-corrected chi connectivity index (χ1v) is 8.88.